The molecule has 0 bridgehead atoms. The molecule has 32 heavy (non-hydrogen) atoms. The molecule has 2 aromatic heterocycles. The topological polar surface area (TPSA) is 85.0 Å². The predicted molar refractivity (Wildman–Crippen MR) is 121 cm³/mol. The van der Waals surface area contributed by atoms with Crippen LogP contribution in [0.5, 0.6) is 5.75 Å². The molecule has 0 saturated heterocycles. The molecule has 0 fully saturated rings. The maximum absolute atomic E-state index is 13.7. The molecule has 0 N–H and O–H groups in total. The van der Waals surface area contributed by atoms with Crippen LogP contribution in [0.15, 0.2) is 83.9 Å². The summed E-state index contributed by atoms with van der Waals surface area (Å²) in [6, 6.07) is 21.6. The van der Waals surface area contributed by atoms with Crippen molar-refractivity contribution in [1.82, 2.24) is 9.55 Å². The number of hydrogen-bond donors (Lipinski definition) is 0. The molecule has 156 valence electrons. The van der Waals surface area contributed by atoms with Crippen molar-refractivity contribution in [3.63, 3.8) is 0 Å². The summed E-state index contributed by atoms with van der Waals surface area (Å²) in [6.07, 6.45) is 3.35. The molecule has 0 unspecified atom stereocenters. The van der Waals surface area contributed by atoms with Gasteiger partial charge in [0, 0.05) is 36.0 Å². The van der Waals surface area contributed by atoms with Gasteiger partial charge in [-0.2, -0.15) is 5.26 Å². The predicted octanol–water partition coefficient (Wildman–Crippen LogP) is 4.67. The van der Waals surface area contributed by atoms with Crippen molar-refractivity contribution in [1.29, 1.82) is 5.26 Å². The Kier molecular flexibility index (Phi) is 5.65. The van der Waals surface area contributed by atoms with E-state index >= 15 is 0 Å². The first kappa shape index (κ1) is 20.8. The minimum absolute atomic E-state index is 0.275. The van der Waals surface area contributed by atoms with Crippen molar-refractivity contribution < 1.29 is 9.53 Å². The van der Waals surface area contributed by atoms with Gasteiger partial charge in [0.2, 0.25) is 0 Å². The zero-order valence-electron chi connectivity index (χ0n) is 17.6. The molecule has 2 aromatic carbocycles. The Labute approximate surface area is 185 Å². The number of carbonyl (C=O) groups is 1. The Bertz CT molecular complexity index is 1420. The van der Waals surface area contributed by atoms with Crippen molar-refractivity contribution in [3.8, 4) is 39.9 Å². The molecule has 0 radical (unpaired) electrons. The van der Waals surface area contributed by atoms with Gasteiger partial charge in [-0.3, -0.25) is 19.1 Å². The number of hydrogen-bond acceptors (Lipinski definition) is 5. The molecule has 6 nitrogen and oxygen atoms in total. The lowest BCUT2D eigenvalue weighted by molar-refractivity contribution is -0.131. The van der Waals surface area contributed by atoms with E-state index in [-0.39, 0.29) is 11.3 Å². The molecular formula is C26H19N3O3. The second-order valence-electron chi connectivity index (χ2n) is 7.21. The van der Waals surface area contributed by atoms with Gasteiger partial charge in [-0.1, -0.05) is 36.4 Å². The number of aryl methyl sites for hydroxylation is 1. The summed E-state index contributed by atoms with van der Waals surface area (Å²) < 4.78 is 6.86. The zero-order chi connectivity index (χ0) is 22.7. The van der Waals surface area contributed by atoms with Crippen LogP contribution >= 0.6 is 0 Å². The number of esters is 1. The van der Waals surface area contributed by atoms with Gasteiger partial charge >= 0.3 is 5.97 Å². The quantitative estimate of drug-likeness (QED) is 0.353. The first-order chi connectivity index (χ1) is 15.5. The van der Waals surface area contributed by atoms with E-state index in [0.29, 0.717) is 33.6 Å². The maximum Gasteiger partial charge on any atom is 0.308 e. The summed E-state index contributed by atoms with van der Waals surface area (Å²) in [5, 5.41) is 9.60. The fourth-order valence-corrected chi connectivity index (χ4v) is 3.61. The Hall–Kier alpha value is -4.50. The summed E-state index contributed by atoms with van der Waals surface area (Å²) in [5.41, 5.74) is 3.49. The summed E-state index contributed by atoms with van der Waals surface area (Å²) >= 11 is 0. The molecule has 0 aliphatic heterocycles. The lowest BCUT2D eigenvalue weighted by Gasteiger charge is -2.17. The van der Waals surface area contributed by atoms with Crippen molar-refractivity contribution in [2.24, 2.45) is 0 Å². The minimum atomic E-state index is -0.485. The molecule has 0 spiro atoms. The van der Waals surface area contributed by atoms with Crippen LogP contribution in [0, 0.1) is 18.3 Å². The zero-order valence-corrected chi connectivity index (χ0v) is 17.6. The Morgan fingerprint density at radius 1 is 1.03 bits per heavy atom. The van der Waals surface area contributed by atoms with Crippen LogP contribution in [-0.2, 0) is 4.79 Å². The number of nitriles is 1. The van der Waals surface area contributed by atoms with E-state index in [0.717, 1.165) is 5.56 Å². The van der Waals surface area contributed by atoms with Crippen molar-refractivity contribution in [2.75, 3.05) is 0 Å². The van der Waals surface area contributed by atoms with Crippen LogP contribution in [0.1, 0.15) is 18.1 Å². The average Bonchev–Trinajstić information content (AvgIpc) is 2.80. The summed E-state index contributed by atoms with van der Waals surface area (Å²) in [7, 11) is 0. The molecule has 0 atom stereocenters. The minimum Gasteiger partial charge on any atom is -0.424 e. The van der Waals surface area contributed by atoms with Gasteiger partial charge in [-0.25, -0.2) is 0 Å². The van der Waals surface area contributed by atoms with Gasteiger partial charge in [-0.05, 0) is 42.8 Å². The number of nitrogens with zero attached hydrogens (tertiary/aromatic N) is 3. The third-order valence-corrected chi connectivity index (χ3v) is 5.01. The van der Waals surface area contributed by atoms with Gasteiger partial charge in [0.25, 0.3) is 5.56 Å². The highest BCUT2D eigenvalue weighted by molar-refractivity contribution is 5.76. The number of aromatic nitrogens is 2. The van der Waals surface area contributed by atoms with E-state index in [1.807, 2.05) is 31.2 Å². The second-order valence-corrected chi connectivity index (χ2v) is 7.21. The maximum atomic E-state index is 13.7. The molecule has 0 amide bonds. The van der Waals surface area contributed by atoms with Crippen LogP contribution in [0.4, 0.5) is 0 Å². The standard InChI is InChI=1S/C26H19N3O3/c1-17-8-7-12-24(32-18(2)30)25(17)29-16-20(23-11-5-6-13-28-23)14-22(26(29)31)21-10-4-3-9-19(21)15-27/h3-14,16H,1-2H3. The molecule has 4 rings (SSSR count). The van der Waals surface area contributed by atoms with Crippen LogP contribution < -0.4 is 10.3 Å². The number of carbonyl (C=O) groups excluding carboxylic acids is 1. The molecule has 0 saturated carbocycles. The van der Waals surface area contributed by atoms with Crippen LogP contribution in [0.3, 0.4) is 0 Å². The average molecular weight is 421 g/mol. The number of ether oxygens (including phenoxy) is 1. The number of para-hydroxylation sites is 1. The van der Waals surface area contributed by atoms with Crippen molar-refractivity contribution >= 4 is 5.97 Å². The molecule has 4 aromatic rings. The highest BCUT2D eigenvalue weighted by Crippen LogP contribution is 2.30. The van der Waals surface area contributed by atoms with Crippen LogP contribution in [0.2, 0.25) is 0 Å². The second kappa shape index (κ2) is 8.70. The largest absolute Gasteiger partial charge is 0.424 e. The van der Waals surface area contributed by atoms with E-state index < -0.39 is 5.97 Å². The van der Waals surface area contributed by atoms with Gasteiger partial charge in [0.05, 0.1) is 23.0 Å². The van der Waals surface area contributed by atoms with E-state index in [2.05, 4.69) is 11.1 Å². The fraction of sp³-hybridized carbons (Fsp3) is 0.0769. The Morgan fingerprint density at radius 3 is 2.53 bits per heavy atom. The summed E-state index contributed by atoms with van der Waals surface area (Å²) in [5.74, 6) is -0.210. The molecule has 0 aliphatic rings. The van der Waals surface area contributed by atoms with E-state index in [9.17, 15) is 14.9 Å². The highest BCUT2D eigenvalue weighted by atomic mass is 16.5. The van der Waals surface area contributed by atoms with E-state index in [1.165, 1.54) is 11.5 Å². The van der Waals surface area contributed by atoms with Gasteiger partial charge in [0.1, 0.15) is 0 Å². The van der Waals surface area contributed by atoms with Gasteiger partial charge in [-0.15, -0.1) is 0 Å². The number of benzene rings is 2. The van der Waals surface area contributed by atoms with Crippen LogP contribution in [-0.4, -0.2) is 15.5 Å². The van der Waals surface area contributed by atoms with E-state index in [4.69, 9.17) is 4.74 Å². The van der Waals surface area contributed by atoms with Crippen LogP contribution in [0.25, 0.3) is 28.1 Å². The number of pyridine rings is 2. The van der Waals surface area contributed by atoms with Crippen molar-refractivity contribution in [2.45, 2.75) is 13.8 Å². The highest BCUT2D eigenvalue weighted by Gasteiger charge is 2.18. The SMILES string of the molecule is CC(=O)Oc1cccc(C)c1-n1cc(-c2ccccn2)cc(-c2ccccc2C#N)c1=O. The first-order valence-electron chi connectivity index (χ1n) is 9.95. The van der Waals surface area contributed by atoms with Gasteiger partial charge in [0.15, 0.2) is 5.75 Å². The normalized spacial score (nSPS) is 10.4. The number of rotatable bonds is 4. The van der Waals surface area contributed by atoms with Crippen molar-refractivity contribution in [3.05, 3.63) is 101 Å². The molecule has 2 heterocycles. The van der Waals surface area contributed by atoms with Gasteiger partial charge < -0.3 is 4.74 Å². The monoisotopic (exact) mass is 421 g/mol. The lowest BCUT2D eigenvalue weighted by atomic mass is 9.99. The lowest BCUT2D eigenvalue weighted by Crippen LogP contribution is -2.22. The first-order valence-corrected chi connectivity index (χ1v) is 9.95. The molecular weight excluding hydrogens is 402 g/mol. The Balaban J connectivity index is 2.09. The third-order valence-electron chi connectivity index (χ3n) is 5.01. The fourth-order valence-electron chi connectivity index (χ4n) is 3.61. The molecule has 6 heteroatoms. The smallest absolute Gasteiger partial charge is 0.308 e. The summed E-state index contributed by atoms with van der Waals surface area (Å²) in [6.45, 7) is 3.15. The van der Waals surface area contributed by atoms with E-state index in [1.54, 1.807) is 54.9 Å². The Morgan fingerprint density at radius 2 is 1.81 bits per heavy atom. The summed E-state index contributed by atoms with van der Waals surface area (Å²) in [4.78, 5) is 29.8. The third kappa shape index (κ3) is 3.92. The molecule has 0 aliphatic carbocycles.